The highest BCUT2D eigenvalue weighted by atomic mass is 16.7. The summed E-state index contributed by atoms with van der Waals surface area (Å²) in [5.74, 6) is -0.559. The maximum atomic E-state index is 12.9. The zero-order valence-corrected chi connectivity index (χ0v) is 18.2. The summed E-state index contributed by atoms with van der Waals surface area (Å²) < 4.78 is 16.9. The van der Waals surface area contributed by atoms with Gasteiger partial charge in [-0.2, -0.15) is 0 Å². The number of esters is 2. The third-order valence-electron chi connectivity index (χ3n) is 6.71. The molecule has 0 unspecified atom stereocenters. The maximum Gasteiger partial charge on any atom is 0.324 e. The first-order valence-corrected chi connectivity index (χ1v) is 11.0. The molecular formula is C26H30O5. The van der Waals surface area contributed by atoms with Gasteiger partial charge in [0.2, 0.25) is 0 Å². The van der Waals surface area contributed by atoms with Gasteiger partial charge in [-0.1, -0.05) is 60.7 Å². The van der Waals surface area contributed by atoms with E-state index in [9.17, 15) is 9.59 Å². The quantitative estimate of drug-likeness (QED) is 0.502. The molecule has 164 valence electrons. The molecule has 0 amide bonds. The molecule has 1 heterocycles. The Morgan fingerprint density at radius 1 is 0.774 bits per heavy atom. The van der Waals surface area contributed by atoms with Crippen molar-refractivity contribution in [2.75, 3.05) is 13.2 Å². The molecule has 1 saturated carbocycles. The molecule has 5 nitrogen and oxygen atoms in total. The molecule has 0 aromatic heterocycles. The molecule has 2 aromatic carbocycles. The molecule has 5 heteroatoms. The predicted octanol–water partition coefficient (Wildman–Crippen LogP) is 5.17. The van der Waals surface area contributed by atoms with Crippen LogP contribution in [0.3, 0.4) is 0 Å². The van der Waals surface area contributed by atoms with Crippen molar-refractivity contribution < 1.29 is 23.8 Å². The van der Waals surface area contributed by atoms with E-state index in [1.807, 2.05) is 55.5 Å². The van der Waals surface area contributed by atoms with Crippen LogP contribution >= 0.6 is 0 Å². The van der Waals surface area contributed by atoms with Gasteiger partial charge in [-0.3, -0.25) is 9.59 Å². The fourth-order valence-corrected chi connectivity index (χ4v) is 4.38. The minimum atomic E-state index is -1.00. The lowest BCUT2D eigenvalue weighted by atomic mass is 9.70. The van der Waals surface area contributed by atoms with Gasteiger partial charge in [0.1, 0.15) is 5.41 Å². The largest absolute Gasteiger partial charge is 0.392 e. The Morgan fingerprint density at radius 2 is 1.26 bits per heavy atom. The summed E-state index contributed by atoms with van der Waals surface area (Å²) in [6.45, 7) is 3.92. The van der Waals surface area contributed by atoms with Crippen LogP contribution in [0.5, 0.6) is 0 Å². The normalized spacial score (nSPS) is 31.0. The molecular weight excluding hydrogens is 392 g/mol. The summed E-state index contributed by atoms with van der Waals surface area (Å²) in [4.78, 5) is 25.8. The van der Waals surface area contributed by atoms with E-state index in [-0.39, 0.29) is 13.2 Å². The van der Waals surface area contributed by atoms with Gasteiger partial charge in [-0.15, -0.1) is 0 Å². The van der Waals surface area contributed by atoms with E-state index in [1.54, 1.807) is 6.92 Å². The number of hydrogen-bond donors (Lipinski definition) is 0. The molecule has 0 N–H and O–H groups in total. The standard InChI is InChI=1S/C26H30O5/c1-25(15-13-20(14-16-25)19-9-5-3-6-10-19)23(27)31-24(28)26(2)17-29-22(30-18-26)21-11-7-4-8-12-21/h3-12,20,22H,13-18H2,1-2H3. The number of benzene rings is 2. The zero-order valence-electron chi connectivity index (χ0n) is 18.2. The van der Waals surface area contributed by atoms with E-state index in [0.717, 1.165) is 18.4 Å². The molecule has 4 rings (SSSR count). The van der Waals surface area contributed by atoms with Crippen LogP contribution in [-0.4, -0.2) is 25.2 Å². The number of hydrogen-bond acceptors (Lipinski definition) is 5. The first-order chi connectivity index (χ1) is 14.9. The Bertz CT molecular complexity index is 816. The average Bonchev–Trinajstić information content (AvgIpc) is 2.81. The molecule has 0 bridgehead atoms. The van der Waals surface area contributed by atoms with Crippen LogP contribution in [-0.2, 0) is 23.8 Å². The third-order valence-corrected chi connectivity index (χ3v) is 6.71. The van der Waals surface area contributed by atoms with E-state index >= 15 is 0 Å². The number of rotatable bonds is 4. The highest BCUT2D eigenvalue weighted by molar-refractivity contribution is 5.91. The summed E-state index contributed by atoms with van der Waals surface area (Å²) in [7, 11) is 0. The Labute approximate surface area is 183 Å². The number of ether oxygens (including phenoxy) is 3. The highest BCUT2D eigenvalue weighted by Crippen LogP contribution is 2.44. The topological polar surface area (TPSA) is 61.8 Å². The first kappa shape index (κ1) is 21.7. The highest BCUT2D eigenvalue weighted by Gasteiger charge is 2.46. The molecule has 1 aliphatic heterocycles. The molecule has 1 saturated heterocycles. The Balaban J connectivity index is 1.31. The van der Waals surface area contributed by atoms with Gasteiger partial charge >= 0.3 is 11.9 Å². The molecule has 2 aromatic rings. The predicted molar refractivity (Wildman–Crippen MR) is 116 cm³/mol. The number of carbonyl (C=O) groups excluding carboxylic acids is 2. The van der Waals surface area contributed by atoms with Gasteiger partial charge < -0.3 is 14.2 Å². The Morgan fingerprint density at radius 3 is 1.81 bits per heavy atom. The molecule has 0 radical (unpaired) electrons. The van der Waals surface area contributed by atoms with E-state index in [2.05, 4.69) is 12.1 Å². The van der Waals surface area contributed by atoms with Crippen LogP contribution in [0.4, 0.5) is 0 Å². The molecule has 1 aliphatic carbocycles. The van der Waals surface area contributed by atoms with E-state index in [1.165, 1.54) is 5.56 Å². The second kappa shape index (κ2) is 8.93. The van der Waals surface area contributed by atoms with Gasteiger partial charge in [0, 0.05) is 5.56 Å². The fraction of sp³-hybridized carbons (Fsp3) is 0.462. The van der Waals surface area contributed by atoms with Crippen LogP contribution in [0.2, 0.25) is 0 Å². The van der Waals surface area contributed by atoms with Gasteiger partial charge in [-0.05, 0) is 51.0 Å². The molecule has 2 fully saturated rings. The van der Waals surface area contributed by atoms with Crippen molar-refractivity contribution in [2.45, 2.75) is 51.7 Å². The van der Waals surface area contributed by atoms with Crippen molar-refractivity contribution in [3.8, 4) is 0 Å². The van der Waals surface area contributed by atoms with Gasteiger partial charge in [0.25, 0.3) is 0 Å². The minimum Gasteiger partial charge on any atom is -0.392 e. The molecule has 2 aliphatic rings. The Kier molecular flexibility index (Phi) is 6.26. The van der Waals surface area contributed by atoms with Gasteiger partial charge in [0.15, 0.2) is 6.29 Å². The van der Waals surface area contributed by atoms with E-state index in [4.69, 9.17) is 14.2 Å². The smallest absolute Gasteiger partial charge is 0.324 e. The summed E-state index contributed by atoms with van der Waals surface area (Å²) >= 11 is 0. The first-order valence-electron chi connectivity index (χ1n) is 11.0. The lowest BCUT2D eigenvalue weighted by Crippen LogP contribution is -2.46. The molecule has 0 atom stereocenters. The van der Waals surface area contributed by atoms with Crippen LogP contribution in [0, 0.1) is 10.8 Å². The van der Waals surface area contributed by atoms with Crippen LogP contribution < -0.4 is 0 Å². The third kappa shape index (κ3) is 4.73. The van der Waals surface area contributed by atoms with Gasteiger partial charge in [-0.25, -0.2) is 0 Å². The average molecular weight is 423 g/mol. The van der Waals surface area contributed by atoms with E-state index in [0.29, 0.717) is 18.8 Å². The van der Waals surface area contributed by atoms with Crippen molar-refractivity contribution in [2.24, 2.45) is 10.8 Å². The molecule has 31 heavy (non-hydrogen) atoms. The van der Waals surface area contributed by atoms with E-state index < -0.39 is 29.1 Å². The lowest BCUT2D eigenvalue weighted by molar-refractivity contribution is -0.236. The Hall–Kier alpha value is -2.50. The zero-order chi connectivity index (χ0) is 21.9. The monoisotopic (exact) mass is 422 g/mol. The number of carbonyl (C=O) groups is 2. The summed E-state index contributed by atoms with van der Waals surface area (Å²) in [5, 5.41) is 0. The van der Waals surface area contributed by atoms with Crippen LogP contribution in [0.15, 0.2) is 60.7 Å². The van der Waals surface area contributed by atoms with Crippen molar-refractivity contribution in [1.82, 2.24) is 0 Å². The fourth-order valence-electron chi connectivity index (χ4n) is 4.38. The van der Waals surface area contributed by atoms with Crippen molar-refractivity contribution in [3.63, 3.8) is 0 Å². The summed E-state index contributed by atoms with van der Waals surface area (Å²) in [6, 6.07) is 20.0. The lowest BCUT2D eigenvalue weighted by Gasteiger charge is -2.38. The molecule has 0 spiro atoms. The SMILES string of the molecule is CC1(C(=O)OC(=O)C2(C)COC(c3ccccc3)OC2)CCC(c2ccccc2)CC1. The summed E-state index contributed by atoms with van der Waals surface area (Å²) in [6.07, 6.45) is 2.72. The van der Waals surface area contributed by atoms with Crippen LogP contribution in [0.1, 0.15) is 62.9 Å². The maximum absolute atomic E-state index is 12.9. The van der Waals surface area contributed by atoms with Gasteiger partial charge in [0.05, 0.1) is 18.6 Å². The summed E-state index contributed by atoms with van der Waals surface area (Å²) in [5.41, 5.74) is 0.571. The van der Waals surface area contributed by atoms with Crippen molar-refractivity contribution in [3.05, 3.63) is 71.8 Å². The van der Waals surface area contributed by atoms with Crippen LogP contribution in [0.25, 0.3) is 0 Å². The second-order valence-corrected chi connectivity index (χ2v) is 9.35. The minimum absolute atomic E-state index is 0.144. The van der Waals surface area contributed by atoms with Crippen molar-refractivity contribution in [1.29, 1.82) is 0 Å². The van der Waals surface area contributed by atoms with Crippen molar-refractivity contribution >= 4 is 11.9 Å². The second-order valence-electron chi connectivity index (χ2n) is 9.35.